The molecule has 2 amide bonds. The number of hydrogen-bond acceptors (Lipinski definition) is 3. The van der Waals surface area contributed by atoms with Gasteiger partial charge < -0.3 is 15.3 Å². The van der Waals surface area contributed by atoms with Crippen LogP contribution in [-0.4, -0.2) is 46.9 Å². The van der Waals surface area contributed by atoms with E-state index in [1.165, 1.54) is 0 Å². The van der Waals surface area contributed by atoms with Crippen LogP contribution >= 0.6 is 0 Å². The highest BCUT2D eigenvalue weighted by molar-refractivity contribution is 5.89. The van der Waals surface area contributed by atoms with E-state index < -0.39 is 23.3 Å². The van der Waals surface area contributed by atoms with Gasteiger partial charge in [0.1, 0.15) is 6.04 Å². The Morgan fingerprint density at radius 3 is 2.29 bits per heavy atom. The summed E-state index contributed by atoms with van der Waals surface area (Å²) in [4.78, 5) is 37.0. The minimum atomic E-state index is -0.870. The number of nitrogens with one attached hydrogen (secondary N) is 1. The van der Waals surface area contributed by atoms with Crippen molar-refractivity contribution >= 4 is 17.8 Å². The minimum Gasteiger partial charge on any atom is -0.481 e. The molecule has 0 spiro atoms. The average Bonchev–Trinajstić information content (AvgIpc) is 2.35. The second-order valence-corrected chi connectivity index (χ2v) is 7.06. The highest BCUT2D eigenvalue weighted by Crippen LogP contribution is 2.22. The fraction of sp³-hybridized carbons (Fsp3) is 0.800. The molecule has 1 rings (SSSR count). The topological polar surface area (TPSA) is 86.7 Å². The summed E-state index contributed by atoms with van der Waals surface area (Å²) in [7, 11) is 0. The summed E-state index contributed by atoms with van der Waals surface area (Å²) in [5, 5.41) is 11.8. The van der Waals surface area contributed by atoms with E-state index in [0.717, 1.165) is 0 Å². The maximum Gasteiger partial charge on any atom is 0.308 e. The Morgan fingerprint density at radius 1 is 1.24 bits per heavy atom. The van der Waals surface area contributed by atoms with Crippen molar-refractivity contribution in [3.8, 4) is 0 Å². The third-order valence-electron chi connectivity index (χ3n) is 3.72. The van der Waals surface area contributed by atoms with E-state index in [4.69, 9.17) is 5.11 Å². The first-order valence-electron chi connectivity index (χ1n) is 7.35. The molecule has 2 N–H and O–H groups in total. The molecule has 120 valence electrons. The highest BCUT2D eigenvalue weighted by atomic mass is 16.4. The fourth-order valence-corrected chi connectivity index (χ4v) is 2.46. The van der Waals surface area contributed by atoms with E-state index in [9.17, 15) is 14.4 Å². The summed E-state index contributed by atoms with van der Waals surface area (Å²) < 4.78 is 0. The first kappa shape index (κ1) is 17.5. The lowest BCUT2D eigenvalue weighted by Crippen LogP contribution is -2.53. The van der Waals surface area contributed by atoms with Crippen molar-refractivity contribution in [1.29, 1.82) is 0 Å². The molecule has 1 aliphatic heterocycles. The SMILES string of the molecule is CC1CC(C(=O)O)CN(C(=O)C(C)NC(=O)C(C)(C)C)C1. The number of aliphatic carboxylic acids is 1. The molecule has 0 radical (unpaired) electrons. The number of carbonyl (C=O) groups is 3. The Hall–Kier alpha value is -1.59. The van der Waals surface area contributed by atoms with E-state index in [1.807, 2.05) is 6.92 Å². The third-order valence-corrected chi connectivity index (χ3v) is 3.72. The van der Waals surface area contributed by atoms with Gasteiger partial charge in [-0.15, -0.1) is 0 Å². The standard InChI is InChI=1S/C15H26N2O4/c1-9-6-11(13(19)20)8-17(7-9)12(18)10(2)16-14(21)15(3,4)5/h9-11H,6-8H2,1-5H3,(H,16,21)(H,19,20). The molecule has 1 heterocycles. The van der Waals surface area contributed by atoms with Crippen LogP contribution in [0.3, 0.4) is 0 Å². The number of rotatable bonds is 3. The molecule has 1 fully saturated rings. The van der Waals surface area contributed by atoms with Crippen molar-refractivity contribution in [1.82, 2.24) is 10.2 Å². The van der Waals surface area contributed by atoms with Gasteiger partial charge in [0.2, 0.25) is 11.8 Å². The minimum absolute atomic E-state index is 0.148. The van der Waals surface area contributed by atoms with Crippen molar-refractivity contribution in [3.63, 3.8) is 0 Å². The van der Waals surface area contributed by atoms with Crippen LogP contribution in [0.4, 0.5) is 0 Å². The maximum absolute atomic E-state index is 12.4. The van der Waals surface area contributed by atoms with E-state index in [0.29, 0.717) is 13.0 Å². The van der Waals surface area contributed by atoms with E-state index >= 15 is 0 Å². The summed E-state index contributed by atoms with van der Waals surface area (Å²) in [6.45, 7) is 9.68. The van der Waals surface area contributed by atoms with Gasteiger partial charge >= 0.3 is 5.97 Å². The van der Waals surface area contributed by atoms with Gasteiger partial charge in [0, 0.05) is 18.5 Å². The maximum atomic E-state index is 12.4. The zero-order valence-corrected chi connectivity index (χ0v) is 13.5. The Morgan fingerprint density at radius 2 is 1.81 bits per heavy atom. The molecule has 0 aromatic rings. The lowest BCUT2D eigenvalue weighted by Gasteiger charge is -2.36. The highest BCUT2D eigenvalue weighted by Gasteiger charge is 2.34. The molecular formula is C15H26N2O4. The number of hydrogen-bond donors (Lipinski definition) is 2. The smallest absolute Gasteiger partial charge is 0.308 e. The summed E-state index contributed by atoms with van der Waals surface area (Å²) >= 11 is 0. The molecule has 1 aliphatic rings. The number of carbonyl (C=O) groups excluding carboxylic acids is 2. The molecule has 0 aromatic carbocycles. The van der Waals surface area contributed by atoms with Crippen molar-refractivity contribution < 1.29 is 19.5 Å². The van der Waals surface area contributed by atoms with Gasteiger partial charge in [-0.1, -0.05) is 27.7 Å². The van der Waals surface area contributed by atoms with Gasteiger partial charge in [-0.05, 0) is 19.3 Å². The molecule has 21 heavy (non-hydrogen) atoms. The number of likely N-dealkylation sites (tertiary alicyclic amines) is 1. The number of carboxylic acids is 1. The van der Waals surface area contributed by atoms with E-state index in [1.54, 1.807) is 32.6 Å². The van der Waals surface area contributed by atoms with Crippen LogP contribution in [0.5, 0.6) is 0 Å². The number of nitrogens with zero attached hydrogens (tertiary/aromatic N) is 1. The summed E-state index contributed by atoms with van der Waals surface area (Å²) in [5.41, 5.74) is -0.562. The van der Waals surface area contributed by atoms with E-state index in [-0.39, 0.29) is 24.3 Å². The Kier molecular flexibility index (Phi) is 5.36. The van der Waals surface area contributed by atoms with E-state index in [2.05, 4.69) is 5.32 Å². The fourth-order valence-electron chi connectivity index (χ4n) is 2.46. The molecule has 0 bridgehead atoms. The predicted molar refractivity (Wildman–Crippen MR) is 78.5 cm³/mol. The number of amides is 2. The van der Waals surface area contributed by atoms with Crippen LogP contribution in [-0.2, 0) is 14.4 Å². The van der Waals surface area contributed by atoms with Crippen LogP contribution in [0.15, 0.2) is 0 Å². The van der Waals surface area contributed by atoms with Crippen LogP contribution in [0, 0.1) is 17.3 Å². The second-order valence-electron chi connectivity index (χ2n) is 7.06. The summed E-state index contributed by atoms with van der Waals surface area (Å²) in [6.07, 6.45) is 0.585. The quantitative estimate of drug-likeness (QED) is 0.817. The molecular weight excluding hydrogens is 272 g/mol. The molecule has 0 aromatic heterocycles. The van der Waals surface area contributed by atoms with Crippen LogP contribution in [0.1, 0.15) is 41.0 Å². The summed E-state index contributed by atoms with van der Waals surface area (Å²) in [6, 6.07) is -0.642. The zero-order valence-electron chi connectivity index (χ0n) is 13.5. The van der Waals surface area contributed by atoms with Gasteiger partial charge in [-0.2, -0.15) is 0 Å². The van der Waals surface area contributed by atoms with Gasteiger partial charge in [0.05, 0.1) is 5.92 Å². The Labute approximate surface area is 125 Å². The number of carboxylic acid groups (broad SMARTS) is 1. The van der Waals surface area contributed by atoms with Crippen molar-refractivity contribution in [2.75, 3.05) is 13.1 Å². The predicted octanol–water partition coefficient (Wildman–Crippen LogP) is 1.11. The molecule has 0 aliphatic carbocycles. The second kappa shape index (κ2) is 6.45. The molecule has 6 heteroatoms. The lowest BCUT2D eigenvalue weighted by molar-refractivity contribution is -0.148. The Bertz CT molecular complexity index is 428. The number of piperidine rings is 1. The summed E-state index contributed by atoms with van der Waals surface area (Å²) in [5.74, 6) is -1.66. The van der Waals surface area contributed by atoms with Gasteiger partial charge in [-0.3, -0.25) is 14.4 Å². The third kappa shape index (κ3) is 4.72. The van der Waals surface area contributed by atoms with Gasteiger partial charge in [-0.25, -0.2) is 0 Å². The average molecular weight is 298 g/mol. The van der Waals surface area contributed by atoms with Crippen molar-refractivity contribution in [2.45, 2.75) is 47.1 Å². The van der Waals surface area contributed by atoms with Gasteiger partial charge in [0.15, 0.2) is 0 Å². The molecule has 3 atom stereocenters. The van der Waals surface area contributed by atoms with Crippen molar-refractivity contribution in [3.05, 3.63) is 0 Å². The van der Waals surface area contributed by atoms with Crippen LogP contribution in [0.2, 0.25) is 0 Å². The molecule has 6 nitrogen and oxygen atoms in total. The largest absolute Gasteiger partial charge is 0.481 e. The molecule has 3 unspecified atom stereocenters. The van der Waals surface area contributed by atoms with Crippen LogP contribution in [0.25, 0.3) is 0 Å². The zero-order chi connectivity index (χ0) is 16.4. The van der Waals surface area contributed by atoms with Gasteiger partial charge in [0.25, 0.3) is 0 Å². The van der Waals surface area contributed by atoms with Crippen LogP contribution < -0.4 is 5.32 Å². The monoisotopic (exact) mass is 298 g/mol. The molecule has 1 saturated heterocycles. The normalized spacial score (nSPS) is 24.3. The Balaban J connectivity index is 2.69. The first-order valence-corrected chi connectivity index (χ1v) is 7.35. The molecule has 0 saturated carbocycles. The first-order chi connectivity index (χ1) is 9.52. The lowest BCUT2D eigenvalue weighted by atomic mass is 9.90. The van der Waals surface area contributed by atoms with Crippen molar-refractivity contribution in [2.24, 2.45) is 17.3 Å².